The Bertz CT molecular complexity index is 2730. The lowest BCUT2D eigenvalue weighted by molar-refractivity contribution is -0.136. The number of piperidine rings is 3. The lowest BCUT2D eigenvalue weighted by Gasteiger charge is -2.38. The van der Waals surface area contributed by atoms with Crippen molar-refractivity contribution < 1.29 is 36.4 Å². The molecule has 0 spiro atoms. The summed E-state index contributed by atoms with van der Waals surface area (Å²) in [4.78, 5) is 64.9. The first-order valence-corrected chi connectivity index (χ1v) is 23.4. The van der Waals surface area contributed by atoms with Crippen LogP contribution >= 0.6 is 0 Å². The highest BCUT2D eigenvalue weighted by Gasteiger charge is 2.39. The lowest BCUT2D eigenvalue weighted by atomic mass is 9.87. The molecule has 63 heavy (non-hydrogen) atoms. The molecule has 0 saturated carbocycles. The average molecular weight is 878 g/mol. The number of imide groups is 1. The molecular weight excluding hydrogens is 829 g/mol. The summed E-state index contributed by atoms with van der Waals surface area (Å²) in [6, 6.07) is 17.3. The summed E-state index contributed by atoms with van der Waals surface area (Å²) < 4.78 is 57.3. The Morgan fingerprint density at radius 1 is 0.905 bits per heavy atom. The van der Waals surface area contributed by atoms with E-state index in [0.717, 1.165) is 92.9 Å². The first kappa shape index (κ1) is 42.3. The molecule has 3 amide bonds. The summed E-state index contributed by atoms with van der Waals surface area (Å²) in [5.41, 5.74) is 4.57. The maximum atomic E-state index is 15.5. The fourth-order valence-corrected chi connectivity index (χ4v) is 10.8. The predicted octanol–water partition coefficient (Wildman–Crippen LogP) is 6.75. The van der Waals surface area contributed by atoms with Crippen molar-refractivity contribution in [3.05, 3.63) is 113 Å². The predicted molar refractivity (Wildman–Crippen MR) is 235 cm³/mol. The molecule has 2 aromatic heterocycles. The van der Waals surface area contributed by atoms with Crippen LogP contribution in [0, 0.1) is 17.6 Å². The Morgan fingerprint density at radius 3 is 2.40 bits per heavy atom. The largest absolute Gasteiger partial charge is 0.372 e. The Labute approximate surface area is 364 Å². The van der Waals surface area contributed by atoms with Crippen LogP contribution in [-0.2, 0) is 26.2 Å². The summed E-state index contributed by atoms with van der Waals surface area (Å²) >= 11 is 0. The van der Waals surface area contributed by atoms with Gasteiger partial charge in [-0.3, -0.25) is 29.2 Å². The number of likely N-dealkylation sites (tertiary alicyclic amines) is 1. The van der Waals surface area contributed by atoms with E-state index >= 15 is 4.39 Å². The summed E-state index contributed by atoms with van der Waals surface area (Å²) in [5, 5.41) is 2.75. The van der Waals surface area contributed by atoms with E-state index in [1.165, 1.54) is 11.8 Å². The number of nitrogens with one attached hydrogen (secondary N) is 3. The van der Waals surface area contributed by atoms with Crippen molar-refractivity contribution in [2.24, 2.45) is 5.92 Å². The average Bonchev–Trinajstić information content (AvgIpc) is 3.85. The van der Waals surface area contributed by atoms with Crippen LogP contribution in [0.5, 0.6) is 0 Å². The Hall–Kier alpha value is -6.00. The first-order chi connectivity index (χ1) is 30.4. The van der Waals surface area contributed by atoms with Gasteiger partial charge in [0.05, 0.1) is 17.0 Å². The quantitative estimate of drug-likeness (QED) is 0.0909. The minimum absolute atomic E-state index is 0.00832. The van der Waals surface area contributed by atoms with Crippen molar-refractivity contribution >= 4 is 55.9 Å². The number of aromatic nitrogens is 2. The fraction of sp³-hybridized carbons (Fsp3) is 0.383. The fourth-order valence-electron chi connectivity index (χ4n) is 9.71. The highest BCUT2D eigenvalue weighted by atomic mass is 32.2. The standard InChI is InChI=1S/C47H49F2N7O6S/c1-2-21-63(61,62)53-39-10-9-38(48)42(43(39)49)44(58)37-25-51-45-36(37)23-32(24-50-45)29-3-6-34(7-4-29)55-19-13-28(14-20-55)26-54-17-15-30(16-18-54)31-5-8-35-33(22-31)27-56(47(35)60)40-11-12-41(57)52-46(40)59/h3-10,22-25,28,30,40,53H,2,11-21,26-27H2,1H3,(H,50,51)(H,52,57,59). The topological polar surface area (TPSA) is 165 Å². The number of halogens is 2. The zero-order valence-corrected chi connectivity index (χ0v) is 35.8. The second kappa shape index (κ2) is 17.3. The molecule has 4 aliphatic heterocycles. The van der Waals surface area contributed by atoms with Gasteiger partial charge in [-0.25, -0.2) is 22.2 Å². The molecule has 328 valence electrons. The molecule has 13 nitrogen and oxygen atoms in total. The first-order valence-electron chi connectivity index (χ1n) is 21.7. The van der Waals surface area contributed by atoms with Crippen LogP contribution in [0.15, 0.2) is 73.1 Å². The van der Waals surface area contributed by atoms with Gasteiger partial charge in [0.1, 0.15) is 17.5 Å². The zero-order chi connectivity index (χ0) is 44.0. The molecule has 3 N–H and O–H groups in total. The number of benzene rings is 3. The van der Waals surface area contributed by atoms with E-state index < -0.39 is 50.6 Å². The molecule has 4 aliphatic rings. The van der Waals surface area contributed by atoms with Crippen molar-refractivity contribution in [2.45, 2.75) is 70.4 Å². The number of hydrogen-bond acceptors (Lipinski definition) is 9. The monoisotopic (exact) mass is 877 g/mol. The molecule has 1 atom stereocenters. The minimum Gasteiger partial charge on any atom is -0.372 e. The van der Waals surface area contributed by atoms with Crippen molar-refractivity contribution in [3.8, 4) is 11.1 Å². The number of hydrogen-bond donors (Lipinski definition) is 3. The summed E-state index contributed by atoms with van der Waals surface area (Å²) in [7, 11) is -3.89. The summed E-state index contributed by atoms with van der Waals surface area (Å²) in [6.07, 6.45) is 8.20. The van der Waals surface area contributed by atoms with E-state index in [-0.39, 0.29) is 29.6 Å². The number of ketones is 1. The molecule has 3 fully saturated rings. The van der Waals surface area contributed by atoms with Gasteiger partial charge in [-0.15, -0.1) is 0 Å². The summed E-state index contributed by atoms with van der Waals surface area (Å²) in [6.45, 7) is 7.06. The van der Waals surface area contributed by atoms with Crippen molar-refractivity contribution in [1.82, 2.24) is 25.1 Å². The maximum Gasteiger partial charge on any atom is 0.255 e. The zero-order valence-electron chi connectivity index (χ0n) is 35.0. The number of carbonyl (C=O) groups excluding carboxylic acids is 4. The third-order valence-electron chi connectivity index (χ3n) is 13.1. The Morgan fingerprint density at radius 2 is 1.67 bits per heavy atom. The third-order valence-corrected chi connectivity index (χ3v) is 14.6. The number of carbonyl (C=O) groups is 4. The molecule has 3 saturated heterocycles. The van der Waals surface area contributed by atoms with Crippen LogP contribution in [-0.4, -0.2) is 96.2 Å². The van der Waals surface area contributed by atoms with Crippen molar-refractivity contribution in [2.75, 3.05) is 48.1 Å². The molecule has 6 heterocycles. The molecule has 0 aliphatic carbocycles. The van der Waals surface area contributed by atoms with Gasteiger partial charge in [0.25, 0.3) is 5.91 Å². The van der Waals surface area contributed by atoms with Gasteiger partial charge in [0.2, 0.25) is 27.6 Å². The van der Waals surface area contributed by atoms with Crippen LogP contribution < -0.4 is 14.9 Å². The SMILES string of the molecule is CCCS(=O)(=O)Nc1ccc(F)c(C(=O)c2c[nH]c3ncc(-c4ccc(N5CCC(CN6CCC(c7ccc8c(c7)CN(C7CCC(=O)NC7=O)C8=O)CC6)CC5)cc4)cc23)c1F. The molecule has 5 aromatic rings. The van der Waals surface area contributed by atoms with E-state index in [1.807, 2.05) is 18.2 Å². The van der Waals surface area contributed by atoms with Gasteiger partial charge in [-0.1, -0.05) is 31.2 Å². The molecule has 9 rings (SSSR count). The number of nitrogens with zero attached hydrogens (tertiary/aromatic N) is 4. The molecule has 0 bridgehead atoms. The van der Waals surface area contributed by atoms with Crippen LogP contribution in [0.25, 0.3) is 22.2 Å². The van der Waals surface area contributed by atoms with E-state index in [4.69, 9.17) is 0 Å². The van der Waals surface area contributed by atoms with Crippen LogP contribution in [0.3, 0.4) is 0 Å². The second-order valence-electron chi connectivity index (χ2n) is 17.2. The Kier molecular flexibility index (Phi) is 11.6. The molecule has 3 aromatic carbocycles. The van der Waals surface area contributed by atoms with Crippen LogP contribution in [0.4, 0.5) is 20.2 Å². The number of pyridine rings is 1. The van der Waals surface area contributed by atoms with Gasteiger partial charge in [0.15, 0.2) is 5.82 Å². The van der Waals surface area contributed by atoms with Gasteiger partial charge in [-0.05, 0) is 117 Å². The van der Waals surface area contributed by atoms with Gasteiger partial charge < -0.3 is 19.7 Å². The van der Waals surface area contributed by atoms with E-state index in [1.54, 1.807) is 24.1 Å². The van der Waals surface area contributed by atoms with E-state index in [0.29, 0.717) is 47.8 Å². The number of fused-ring (bicyclic) bond motifs is 2. The molecular formula is C47H49F2N7O6S. The number of H-pyrrole nitrogens is 1. The highest BCUT2D eigenvalue weighted by Crippen LogP contribution is 2.36. The van der Waals surface area contributed by atoms with Crippen molar-refractivity contribution in [3.63, 3.8) is 0 Å². The van der Waals surface area contributed by atoms with Gasteiger partial charge in [-0.2, -0.15) is 0 Å². The number of amides is 3. The second-order valence-corrected chi connectivity index (χ2v) is 19.1. The highest BCUT2D eigenvalue weighted by molar-refractivity contribution is 7.92. The molecule has 1 unspecified atom stereocenters. The minimum atomic E-state index is -3.89. The molecule has 16 heteroatoms. The maximum absolute atomic E-state index is 15.5. The van der Waals surface area contributed by atoms with E-state index in [2.05, 4.69) is 54.1 Å². The summed E-state index contributed by atoms with van der Waals surface area (Å²) in [5.74, 6) is -3.38. The van der Waals surface area contributed by atoms with E-state index in [9.17, 15) is 32.0 Å². The molecule has 0 radical (unpaired) electrons. The van der Waals surface area contributed by atoms with Gasteiger partial charge in [0, 0.05) is 72.8 Å². The Balaban J connectivity index is 0.781. The normalized spacial score (nSPS) is 19.2. The number of aromatic amines is 1. The third kappa shape index (κ3) is 8.57. The van der Waals surface area contributed by atoms with Crippen LogP contribution in [0.1, 0.15) is 95.2 Å². The number of anilines is 2. The van der Waals surface area contributed by atoms with Gasteiger partial charge >= 0.3 is 0 Å². The van der Waals surface area contributed by atoms with Crippen LogP contribution in [0.2, 0.25) is 0 Å². The number of rotatable bonds is 12. The van der Waals surface area contributed by atoms with Crippen molar-refractivity contribution in [1.29, 1.82) is 0 Å². The number of sulfonamides is 1. The lowest BCUT2D eigenvalue weighted by Crippen LogP contribution is -2.52. The smallest absolute Gasteiger partial charge is 0.255 e.